The minimum absolute atomic E-state index is 0.0555. The number of fused-ring (bicyclic) bond motifs is 2. The van der Waals surface area contributed by atoms with Crippen molar-refractivity contribution in [2.24, 2.45) is 5.16 Å². The van der Waals surface area contributed by atoms with Crippen molar-refractivity contribution < 1.29 is 23.8 Å². The molecule has 0 bridgehead atoms. The van der Waals surface area contributed by atoms with Crippen molar-refractivity contribution >= 4 is 11.9 Å². The molecule has 1 N–H and O–H groups in total. The smallest absolute Gasteiger partial charge is 0.408 e. The summed E-state index contributed by atoms with van der Waals surface area (Å²) in [7, 11) is 1.62. The summed E-state index contributed by atoms with van der Waals surface area (Å²) in [5.41, 5.74) is 3.25. The lowest BCUT2D eigenvalue weighted by Crippen LogP contribution is -2.45. The number of methoxy groups -OCH3 is 1. The Morgan fingerprint density at radius 2 is 2.10 bits per heavy atom. The van der Waals surface area contributed by atoms with Gasteiger partial charge < -0.3 is 29.3 Å². The van der Waals surface area contributed by atoms with Gasteiger partial charge in [0.1, 0.15) is 30.8 Å². The minimum Gasteiger partial charge on any atom is -0.497 e. The minimum atomic E-state index is -0.481. The highest BCUT2D eigenvalue weighted by atomic mass is 16.6. The fourth-order valence-corrected chi connectivity index (χ4v) is 4.34. The Bertz CT molecular complexity index is 991. The molecule has 0 radical (unpaired) electrons. The topological polar surface area (TPSA) is 81.6 Å². The summed E-state index contributed by atoms with van der Waals surface area (Å²) < 4.78 is 16.3. The molecule has 2 aromatic carbocycles. The molecule has 2 atom stereocenters. The Labute approximate surface area is 180 Å². The lowest BCUT2D eigenvalue weighted by molar-refractivity contribution is 0.105. The van der Waals surface area contributed by atoms with E-state index in [1.54, 1.807) is 7.11 Å². The molecule has 3 aliphatic heterocycles. The number of hydrogen-bond donors (Lipinski definition) is 1. The fraction of sp³-hybridized carbons (Fsp3) is 0.391. The van der Waals surface area contributed by atoms with Crippen LogP contribution in [-0.4, -0.2) is 56.3 Å². The van der Waals surface area contributed by atoms with E-state index in [-0.39, 0.29) is 18.6 Å². The summed E-state index contributed by atoms with van der Waals surface area (Å²) >= 11 is 0. The van der Waals surface area contributed by atoms with Gasteiger partial charge in [0.25, 0.3) is 0 Å². The van der Waals surface area contributed by atoms with Crippen LogP contribution in [0.2, 0.25) is 0 Å². The van der Waals surface area contributed by atoms with Crippen molar-refractivity contribution in [1.29, 1.82) is 0 Å². The van der Waals surface area contributed by atoms with Crippen LogP contribution in [0.1, 0.15) is 22.6 Å². The number of benzene rings is 2. The summed E-state index contributed by atoms with van der Waals surface area (Å²) in [6, 6.07) is 13.4. The van der Waals surface area contributed by atoms with Gasteiger partial charge in [0, 0.05) is 18.9 Å². The first-order chi connectivity index (χ1) is 15.2. The molecule has 1 fully saturated rings. The van der Waals surface area contributed by atoms with Gasteiger partial charge in [-0.3, -0.25) is 0 Å². The number of amidine groups is 1. The third-order valence-corrected chi connectivity index (χ3v) is 5.98. The zero-order valence-corrected chi connectivity index (χ0v) is 17.4. The van der Waals surface area contributed by atoms with E-state index in [0.29, 0.717) is 6.61 Å². The maximum absolute atomic E-state index is 12.6. The van der Waals surface area contributed by atoms with E-state index in [1.807, 2.05) is 30.3 Å². The highest BCUT2D eigenvalue weighted by Crippen LogP contribution is 2.35. The zero-order valence-electron chi connectivity index (χ0n) is 17.4. The monoisotopic (exact) mass is 423 g/mol. The second-order valence-corrected chi connectivity index (χ2v) is 7.85. The van der Waals surface area contributed by atoms with E-state index in [0.717, 1.165) is 54.6 Å². The van der Waals surface area contributed by atoms with Crippen molar-refractivity contribution in [3.05, 3.63) is 59.2 Å². The first-order valence-electron chi connectivity index (χ1n) is 10.5. The molecule has 2 aromatic rings. The fourth-order valence-electron chi connectivity index (χ4n) is 4.34. The third-order valence-electron chi connectivity index (χ3n) is 5.98. The predicted octanol–water partition coefficient (Wildman–Crippen LogP) is 2.67. The summed E-state index contributed by atoms with van der Waals surface area (Å²) in [5.74, 6) is 2.51. The van der Waals surface area contributed by atoms with Gasteiger partial charge in [-0.25, -0.2) is 4.79 Å². The van der Waals surface area contributed by atoms with Crippen LogP contribution in [0.15, 0.2) is 47.6 Å². The summed E-state index contributed by atoms with van der Waals surface area (Å²) in [6.07, 6.45) is 0.427. The van der Waals surface area contributed by atoms with Gasteiger partial charge in [-0.2, -0.15) is 0 Å². The molecule has 31 heavy (non-hydrogen) atoms. The molecule has 0 aromatic heterocycles. The lowest BCUT2D eigenvalue weighted by atomic mass is 9.92. The number of carbonyl (C=O) groups excluding carboxylic acids is 1. The van der Waals surface area contributed by atoms with Crippen LogP contribution >= 0.6 is 0 Å². The number of nitrogens with one attached hydrogen (secondary N) is 1. The Morgan fingerprint density at radius 3 is 2.94 bits per heavy atom. The van der Waals surface area contributed by atoms with E-state index in [1.165, 1.54) is 5.56 Å². The average molecular weight is 423 g/mol. The second kappa shape index (κ2) is 8.37. The summed E-state index contributed by atoms with van der Waals surface area (Å²) in [6.45, 7) is 2.96. The average Bonchev–Trinajstić information content (AvgIpc) is 3.42. The largest absolute Gasteiger partial charge is 0.497 e. The molecule has 1 amide bonds. The normalized spacial score (nSPS) is 21.3. The van der Waals surface area contributed by atoms with E-state index >= 15 is 0 Å². The number of hydrogen-bond acceptors (Lipinski definition) is 7. The van der Waals surface area contributed by atoms with Gasteiger partial charge in [-0.05, 0) is 34.9 Å². The quantitative estimate of drug-likeness (QED) is 0.796. The summed E-state index contributed by atoms with van der Waals surface area (Å²) in [5, 5.41) is 7.26. The number of oxime groups is 1. The molecular weight excluding hydrogens is 398 g/mol. The number of amides is 1. The third kappa shape index (κ3) is 3.97. The Morgan fingerprint density at radius 1 is 1.23 bits per heavy atom. The van der Waals surface area contributed by atoms with Crippen molar-refractivity contribution in [2.45, 2.75) is 25.0 Å². The van der Waals surface area contributed by atoms with Gasteiger partial charge in [0.2, 0.25) is 0 Å². The molecule has 3 heterocycles. The van der Waals surface area contributed by atoms with Crippen LogP contribution in [-0.2, 0) is 22.6 Å². The maximum atomic E-state index is 12.6. The van der Waals surface area contributed by atoms with E-state index in [2.05, 4.69) is 27.5 Å². The standard InChI is InChI=1S/C23H25N3O5/c1-28-18-5-2-15(3-6-18)14-30-23(27)24-21-19(13-26-9-11-31-25-22(21)26)16-4-7-20-17(12-16)8-10-29-20/h2-7,12,19,21H,8-11,13-14H2,1H3,(H,24,27)/t19-,21-/m0/s1. The number of ether oxygens (including phenoxy) is 3. The molecule has 8 heteroatoms. The molecule has 162 valence electrons. The van der Waals surface area contributed by atoms with Crippen LogP contribution in [0.5, 0.6) is 11.5 Å². The number of nitrogens with zero attached hydrogens (tertiary/aromatic N) is 2. The molecule has 0 aliphatic carbocycles. The van der Waals surface area contributed by atoms with Crippen molar-refractivity contribution in [3.63, 3.8) is 0 Å². The second-order valence-electron chi connectivity index (χ2n) is 7.85. The van der Waals surface area contributed by atoms with Gasteiger partial charge in [-0.1, -0.05) is 29.4 Å². The molecule has 0 saturated carbocycles. The first-order valence-corrected chi connectivity index (χ1v) is 10.5. The molecule has 3 aliphatic rings. The van der Waals surface area contributed by atoms with Crippen molar-refractivity contribution in [1.82, 2.24) is 10.2 Å². The zero-order chi connectivity index (χ0) is 21.2. The van der Waals surface area contributed by atoms with Crippen LogP contribution in [0.4, 0.5) is 4.79 Å². The molecule has 0 spiro atoms. The molecule has 1 saturated heterocycles. The van der Waals surface area contributed by atoms with Crippen molar-refractivity contribution in [3.8, 4) is 11.5 Å². The Balaban J connectivity index is 1.30. The van der Waals surface area contributed by atoms with Gasteiger partial charge in [0.15, 0.2) is 5.84 Å². The molecule has 8 nitrogen and oxygen atoms in total. The van der Waals surface area contributed by atoms with Crippen LogP contribution in [0, 0.1) is 0 Å². The van der Waals surface area contributed by atoms with Crippen LogP contribution in [0.25, 0.3) is 0 Å². The number of alkyl carbamates (subject to hydrolysis) is 1. The number of rotatable bonds is 5. The SMILES string of the molecule is COc1ccc(COC(=O)N[C@@H]2C3=NOCCN3C[C@H]2c2ccc3c(c2)CCO3)cc1. The van der Waals surface area contributed by atoms with E-state index in [4.69, 9.17) is 19.0 Å². The predicted molar refractivity (Wildman–Crippen MR) is 113 cm³/mol. The van der Waals surface area contributed by atoms with Crippen LogP contribution < -0.4 is 14.8 Å². The van der Waals surface area contributed by atoms with E-state index in [9.17, 15) is 4.79 Å². The first kappa shape index (κ1) is 19.5. The Kier molecular flexibility index (Phi) is 5.28. The van der Waals surface area contributed by atoms with Gasteiger partial charge in [0.05, 0.1) is 20.3 Å². The molecule has 0 unspecified atom stereocenters. The van der Waals surface area contributed by atoms with Crippen molar-refractivity contribution in [2.75, 3.05) is 33.4 Å². The van der Waals surface area contributed by atoms with Gasteiger partial charge >= 0.3 is 6.09 Å². The van der Waals surface area contributed by atoms with Crippen LogP contribution in [0.3, 0.4) is 0 Å². The lowest BCUT2D eigenvalue weighted by Gasteiger charge is -2.24. The van der Waals surface area contributed by atoms with E-state index < -0.39 is 6.09 Å². The Hall–Kier alpha value is -3.42. The highest BCUT2D eigenvalue weighted by Gasteiger charge is 2.42. The summed E-state index contributed by atoms with van der Waals surface area (Å²) in [4.78, 5) is 20.1. The number of carbonyl (C=O) groups is 1. The maximum Gasteiger partial charge on any atom is 0.408 e. The molecular formula is C23H25N3O5. The molecule has 5 rings (SSSR count). The van der Waals surface area contributed by atoms with Gasteiger partial charge in [-0.15, -0.1) is 0 Å². The highest BCUT2D eigenvalue weighted by molar-refractivity contribution is 5.93.